The summed E-state index contributed by atoms with van der Waals surface area (Å²) in [7, 11) is 0. The van der Waals surface area contributed by atoms with E-state index in [4.69, 9.17) is 5.73 Å². The van der Waals surface area contributed by atoms with Gasteiger partial charge in [-0.2, -0.15) is 0 Å². The number of primary amides is 1. The van der Waals surface area contributed by atoms with Crippen LogP contribution in [-0.4, -0.2) is 26.9 Å². The number of halogens is 2. The number of nitrogens with zero attached hydrogens (tertiary/aromatic N) is 2. The fourth-order valence-electron chi connectivity index (χ4n) is 2.42. The molecule has 0 fully saturated rings. The molecule has 0 saturated heterocycles. The monoisotopic (exact) mass is 388 g/mol. The standard InChI is InChI=1S/C18H14F2N4O2S/c1-27(26)11-7-5-10(6-8-11)22-15-9-14(23-24-17(15)18(21)25)16-12(19)3-2-4-13(16)20/h2-9H,1H3,(H2,21,25)(H,22,23). The van der Waals surface area contributed by atoms with E-state index in [2.05, 4.69) is 15.5 Å². The van der Waals surface area contributed by atoms with Crippen LogP contribution in [0, 0.1) is 11.6 Å². The molecule has 3 rings (SSSR count). The van der Waals surface area contributed by atoms with Gasteiger partial charge in [-0.05, 0) is 53.6 Å². The molecule has 27 heavy (non-hydrogen) atoms. The first kappa shape index (κ1) is 18.7. The number of hydrogen-bond acceptors (Lipinski definition) is 5. The topological polar surface area (TPSA) is 104 Å². The van der Waals surface area contributed by atoms with Gasteiger partial charge in [-0.15, -0.1) is 10.2 Å². The van der Waals surface area contributed by atoms with Crippen LogP contribution in [0.15, 0.2) is 53.4 Å². The Morgan fingerprint density at radius 1 is 1.11 bits per heavy atom. The highest BCUT2D eigenvalue weighted by molar-refractivity contribution is 7.90. The Labute approximate surface area is 156 Å². The number of hydrogen-bond donors (Lipinski definition) is 2. The van der Waals surface area contributed by atoms with E-state index in [0.29, 0.717) is 10.6 Å². The van der Waals surface area contributed by atoms with Crippen LogP contribution in [0.5, 0.6) is 0 Å². The lowest BCUT2D eigenvalue weighted by atomic mass is 10.1. The van der Waals surface area contributed by atoms with E-state index >= 15 is 0 Å². The number of carbonyl (C=O) groups excluding carboxylic acids is 1. The lowest BCUT2D eigenvalue weighted by Crippen LogP contribution is -2.16. The smallest absolute Gasteiger partial charge is 0.271 e. The quantitative estimate of drug-likeness (QED) is 0.654. The van der Waals surface area contributed by atoms with Crippen molar-refractivity contribution < 1.29 is 18.1 Å². The van der Waals surface area contributed by atoms with Crippen LogP contribution in [0.4, 0.5) is 20.2 Å². The molecule has 9 heteroatoms. The van der Waals surface area contributed by atoms with E-state index in [9.17, 15) is 18.1 Å². The van der Waals surface area contributed by atoms with Crippen molar-refractivity contribution in [1.29, 1.82) is 0 Å². The first-order valence-corrected chi connectivity index (χ1v) is 9.25. The summed E-state index contributed by atoms with van der Waals surface area (Å²) in [6, 6.07) is 11.3. The predicted octanol–water partition coefficient (Wildman–Crippen LogP) is 3.00. The zero-order valence-electron chi connectivity index (χ0n) is 14.1. The first-order valence-electron chi connectivity index (χ1n) is 7.69. The summed E-state index contributed by atoms with van der Waals surface area (Å²) < 4.78 is 39.5. The average Bonchev–Trinajstić information content (AvgIpc) is 2.62. The van der Waals surface area contributed by atoms with Gasteiger partial charge in [0.2, 0.25) is 0 Å². The van der Waals surface area contributed by atoms with Crippen molar-refractivity contribution in [2.24, 2.45) is 5.73 Å². The third-order valence-corrected chi connectivity index (χ3v) is 4.65. The fourth-order valence-corrected chi connectivity index (χ4v) is 2.94. The summed E-state index contributed by atoms with van der Waals surface area (Å²) in [5.41, 5.74) is 5.36. The Morgan fingerprint density at radius 2 is 1.74 bits per heavy atom. The van der Waals surface area contributed by atoms with Gasteiger partial charge < -0.3 is 15.6 Å². The first-order chi connectivity index (χ1) is 12.9. The normalized spacial score (nSPS) is 11.9. The Bertz CT molecular complexity index is 977. The van der Waals surface area contributed by atoms with Crippen LogP contribution < -0.4 is 11.1 Å². The van der Waals surface area contributed by atoms with Gasteiger partial charge >= 0.3 is 0 Å². The molecule has 1 atom stereocenters. The number of aromatic nitrogens is 2. The third-order valence-electron chi connectivity index (χ3n) is 3.71. The molecule has 3 aromatic rings. The summed E-state index contributed by atoms with van der Waals surface area (Å²) >= 11 is -1.14. The molecular weight excluding hydrogens is 374 g/mol. The maximum atomic E-state index is 14.0. The van der Waals surface area contributed by atoms with Crippen LogP contribution in [0.3, 0.4) is 0 Å². The number of carbonyl (C=O) groups is 1. The minimum atomic E-state index is -1.14. The molecule has 1 aromatic heterocycles. The molecule has 1 amide bonds. The maximum absolute atomic E-state index is 14.0. The van der Waals surface area contributed by atoms with Crippen molar-refractivity contribution in [3.05, 3.63) is 65.9 Å². The Hall–Kier alpha value is -3.04. The molecule has 2 aromatic carbocycles. The maximum Gasteiger partial charge on any atom is 0.271 e. The van der Waals surface area contributed by atoms with Gasteiger partial charge in [0.25, 0.3) is 5.91 Å². The van der Waals surface area contributed by atoms with Crippen molar-refractivity contribution in [2.45, 2.75) is 4.90 Å². The Kier molecular flexibility index (Phi) is 5.33. The average molecular weight is 388 g/mol. The van der Waals surface area contributed by atoms with E-state index in [-0.39, 0.29) is 22.6 Å². The number of rotatable bonds is 5. The second-order valence-corrected chi connectivity index (χ2v) is 6.94. The Balaban J connectivity index is 2.03. The molecular formula is C18H14F2N4O2S. The highest BCUT2D eigenvalue weighted by atomic mass is 32.2. The van der Waals surface area contributed by atoms with Gasteiger partial charge in [-0.1, -0.05) is 6.07 Å². The van der Waals surface area contributed by atoms with E-state index in [0.717, 1.165) is 12.1 Å². The zero-order chi connectivity index (χ0) is 19.6. The van der Waals surface area contributed by atoms with E-state index in [1.807, 2.05) is 0 Å². The molecule has 0 aliphatic carbocycles. The molecule has 3 N–H and O–H groups in total. The molecule has 1 unspecified atom stereocenters. The van der Waals surface area contributed by atoms with Crippen molar-refractivity contribution in [3.63, 3.8) is 0 Å². The minimum Gasteiger partial charge on any atom is -0.612 e. The molecule has 1 heterocycles. The predicted molar refractivity (Wildman–Crippen MR) is 98.0 cm³/mol. The van der Waals surface area contributed by atoms with Gasteiger partial charge in [-0.25, -0.2) is 8.78 Å². The largest absolute Gasteiger partial charge is 0.612 e. The highest BCUT2D eigenvalue weighted by Crippen LogP contribution is 2.28. The number of benzene rings is 2. The number of amides is 1. The van der Waals surface area contributed by atoms with E-state index in [1.165, 1.54) is 12.1 Å². The van der Waals surface area contributed by atoms with Crippen molar-refractivity contribution in [2.75, 3.05) is 11.6 Å². The Morgan fingerprint density at radius 3 is 2.30 bits per heavy atom. The van der Waals surface area contributed by atoms with Crippen LogP contribution >= 0.6 is 0 Å². The summed E-state index contributed by atoms with van der Waals surface area (Å²) in [6.45, 7) is 0. The number of nitrogens with one attached hydrogen (secondary N) is 1. The van der Waals surface area contributed by atoms with E-state index < -0.39 is 28.7 Å². The molecule has 0 aliphatic heterocycles. The van der Waals surface area contributed by atoms with Crippen LogP contribution in [0.2, 0.25) is 0 Å². The fraction of sp³-hybridized carbons (Fsp3) is 0.0556. The van der Waals surface area contributed by atoms with Crippen LogP contribution in [0.1, 0.15) is 10.5 Å². The summed E-state index contributed by atoms with van der Waals surface area (Å²) in [5.74, 6) is -2.47. The number of anilines is 2. The van der Waals surface area contributed by atoms with Crippen LogP contribution in [-0.2, 0) is 11.2 Å². The molecule has 0 bridgehead atoms. The zero-order valence-corrected chi connectivity index (χ0v) is 14.9. The van der Waals surface area contributed by atoms with Crippen molar-refractivity contribution in [3.8, 4) is 11.3 Å². The minimum absolute atomic E-state index is 0.0932. The molecule has 0 saturated carbocycles. The van der Waals surface area contributed by atoms with E-state index in [1.54, 1.807) is 30.5 Å². The molecule has 138 valence electrons. The lowest BCUT2D eigenvalue weighted by Gasteiger charge is -2.12. The van der Waals surface area contributed by atoms with Crippen molar-refractivity contribution >= 4 is 28.5 Å². The van der Waals surface area contributed by atoms with Gasteiger partial charge in [0.15, 0.2) is 10.6 Å². The SMILES string of the molecule is C[S+]([O-])c1ccc(Nc2cc(-c3c(F)cccc3F)nnc2C(N)=O)cc1. The van der Waals surface area contributed by atoms with Gasteiger partial charge in [-0.3, -0.25) is 4.79 Å². The van der Waals surface area contributed by atoms with Gasteiger partial charge in [0.05, 0.1) is 11.3 Å². The van der Waals surface area contributed by atoms with Crippen molar-refractivity contribution in [1.82, 2.24) is 10.2 Å². The summed E-state index contributed by atoms with van der Waals surface area (Å²) in [4.78, 5) is 12.3. The highest BCUT2D eigenvalue weighted by Gasteiger charge is 2.18. The molecule has 6 nitrogen and oxygen atoms in total. The molecule has 0 radical (unpaired) electrons. The number of nitrogens with two attached hydrogens (primary N) is 1. The van der Waals surface area contributed by atoms with Crippen LogP contribution in [0.25, 0.3) is 11.3 Å². The molecule has 0 aliphatic rings. The van der Waals surface area contributed by atoms with Gasteiger partial charge in [0.1, 0.15) is 23.6 Å². The summed E-state index contributed by atoms with van der Waals surface area (Å²) in [5, 5.41) is 10.4. The second-order valence-electron chi connectivity index (χ2n) is 5.56. The second kappa shape index (κ2) is 7.68. The lowest BCUT2D eigenvalue weighted by molar-refractivity contribution is 0.0995. The third kappa shape index (κ3) is 4.04. The van der Waals surface area contributed by atoms with Gasteiger partial charge in [0, 0.05) is 5.69 Å². The molecule has 0 spiro atoms. The summed E-state index contributed by atoms with van der Waals surface area (Å²) in [6.07, 6.45) is 1.55.